The maximum Gasteiger partial charge on any atom is 0.242 e. The lowest BCUT2D eigenvalue weighted by atomic mass is 10.1. The highest BCUT2D eigenvalue weighted by molar-refractivity contribution is 6.31. The first kappa shape index (κ1) is 22.9. The van der Waals surface area contributed by atoms with E-state index in [1.54, 1.807) is 17.9 Å². The standard InChI is InChI=1S/C24H29ClN2O4/c1-4-16(2)26-24(29)17(3)27(14-19-7-5-6-8-20(19)25)23(28)12-10-18-9-11-21-22(13-18)31-15-30-21/h5-9,11,13,16-17H,4,10,12,14-15H2,1-3H3,(H,26,29)/t16-,17+/m1/s1. The molecule has 31 heavy (non-hydrogen) atoms. The van der Waals surface area contributed by atoms with E-state index in [1.807, 2.05) is 50.2 Å². The summed E-state index contributed by atoms with van der Waals surface area (Å²) in [5, 5.41) is 3.55. The maximum absolute atomic E-state index is 13.2. The van der Waals surface area contributed by atoms with E-state index >= 15 is 0 Å². The van der Waals surface area contributed by atoms with E-state index in [2.05, 4.69) is 5.32 Å². The van der Waals surface area contributed by atoms with Crippen LogP contribution in [0.5, 0.6) is 11.5 Å². The summed E-state index contributed by atoms with van der Waals surface area (Å²) < 4.78 is 10.8. The van der Waals surface area contributed by atoms with Gasteiger partial charge in [-0.15, -0.1) is 0 Å². The van der Waals surface area contributed by atoms with Gasteiger partial charge in [0.15, 0.2) is 11.5 Å². The number of nitrogens with zero attached hydrogens (tertiary/aromatic N) is 1. The number of ether oxygens (including phenoxy) is 2. The molecule has 0 aliphatic carbocycles. The Morgan fingerprint density at radius 2 is 1.87 bits per heavy atom. The minimum absolute atomic E-state index is 0.0425. The van der Waals surface area contributed by atoms with E-state index in [4.69, 9.17) is 21.1 Å². The van der Waals surface area contributed by atoms with Crippen LogP contribution < -0.4 is 14.8 Å². The van der Waals surface area contributed by atoms with Crippen LogP contribution in [0.2, 0.25) is 5.02 Å². The molecule has 0 saturated carbocycles. The van der Waals surface area contributed by atoms with Gasteiger partial charge in [0.2, 0.25) is 18.6 Å². The zero-order valence-corrected chi connectivity index (χ0v) is 18.9. The molecule has 1 heterocycles. The van der Waals surface area contributed by atoms with Gasteiger partial charge in [0.25, 0.3) is 0 Å². The largest absolute Gasteiger partial charge is 0.454 e. The molecule has 166 valence electrons. The molecule has 7 heteroatoms. The quantitative estimate of drug-likeness (QED) is 0.625. The summed E-state index contributed by atoms with van der Waals surface area (Å²) in [6.07, 6.45) is 1.63. The van der Waals surface area contributed by atoms with Crippen molar-refractivity contribution in [2.24, 2.45) is 0 Å². The van der Waals surface area contributed by atoms with E-state index in [-0.39, 0.29) is 37.6 Å². The van der Waals surface area contributed by atoms with E-state index in [0.29, 0.717) is 22.9 Å². The summed E-state index contributed by atoms with van der Waals surface area (Å²) in [5.41, 5.74) is 1.79. The van der Waals surface area contributed by atoms with E-state index < -0.39 is 6.04 Å². The average Bonchev–Trinajstić information content (AvgIpc) is 3.24. The van der Waals surface area contributed by atoms with Crippen molar-refractivity contribution in [3.05, 3.63) is 58.6 Å². The molecule has 2 aromatic rings. The highest BCUT2D eigenvalue weighted by Crippen LogP contribution is 2.32. The fourth-order valence-corrected chi connectivity index (χ4v) is 3.55. The van der Waals surface area contributed by atoms with Crippen LogP contribution in [0, 0.1) is 0 Å². The zero-order valence-electron chi connectivity index (χ0n) is 18.2. The number of aryl methyl sites for hydroxylation is 1. The number of rotatable bonds is 9. The van der Waals surface area contributed by atoms with Crippen LogP contribution in [0.4, 0.5) is 0 Å². The molecule has 0 radical (unpaired) electrons. The maximum atomic E-state index is 13.2. The van der Waals surface area contributed by atoms with Crippen LogP contribution in [-0.4, -0.2) is 35.6 Å². The van der Waals surface area contributed by atoms with Gasteiger partial charge in [-0.3, -0.25) is 9.59 Å². The summed E-state index contributed by atoms with van der Waals surface area (Å²) >= 11 is 6.33. The fourth-order valence-electron chi connectivity index (χ4n) is 3.35. The summed E-state index contributed by atoms with van der Waals surface area (Å²) in [6.45, 7) is 6.20. The van der Waals surface area contributed by atoms with Crippen LogP contribution in [0.1, 0.15) is 44.7 Å². The molecule has 1 aliphatic rings. The molecule has 1 aliphatic heterocycles. The highest BCUT2D eigenvalue weighted by atomic mass is 35.5. The first-order chi connectivity index (χ1) is 14.9. The van der Waals surface area contributed by atoms with E-state index in [1.165, 1.54) is 0 Å². The normalized spacial score (nSPS) is 14.1. The zero-order chi connectivity index (χ0) is 22.4. The molecular weight excluding hydrogens is 416 g/mol. The third-order valence-corrected chi connectivity index (χ3v) is 5.90. The van der Waals surface area contributed by atoms with Crippen LogP contribution in [0.3, 0.4) is 0 Å². The molecular formula is C24H29ClN2O4. The SMILES string of the molecule is CC[C@@H](C)NC(=O)[C@H](C)N(Cc1ccccc1Cl)C(=O)CCc1ccc2c(c1)OCO2. The second-order valence-electron chi connectivity index (χ2n) is 7.79. The molecule has 3 rings (SSSR count). The molecule has 0 saturated heterocycles. The highest BCUT2D eigenvalue weighted by Gasteiger charge is 2.27. The first-order valence-electron chi connectivity index (χ1n) is 10.6. The molecule has 2 aromatic carbocycles. The van der Waals surface area contributed by atoms with Gasteiger partial charge in [-0.2, -0.15) is 0 Å². The monoisotopic (exact) mass is 444 g/mol. The molecule has 2 atom stereocenters. The molecule has 1 N–H and O–H groups in total. The summed E-state index contributed by atoms with van der Waals surface area (Å²) in [6, 6.07) is 12.5. The van der Waals surface area contributed by atoms with Gasteiger partial charge in [-0.1, -0.05) is 42.8 Å². The number of carbonyl (C=O) groups is 2. The number of hydrogen-bond donors (Lipinski definition) is 1. The Morgan fingerprint density at radius 3 is 2.61 bits per heavy atom. The topological polar surface area (TPSA) is 67.9 Å². The molecule has 0 aromatic heterocycles. The average molecular weight is 445 g/mol. The smallest absolute Gasteiger partial charge is 0.242 e. The number of fused-ring (bicyclic) bond motifs is 1. The Balaban J connectivity index is 1.73. The number of benzene rings is 2. The number of carbonyl (C=O) groups excluding carboxylic acids is 2. The van der Waals surface area contributed by atoms with Crippen molar-refractivity contribution in [1.82, 2.24) is 10.2 Å². The van der Waals surface area contributed by atoms with Crippen molar-refractivity contribution in [2.45, 2.75) is 58.7 Å². The van der Waals surface area contributed by atoms with Gasteiger partial charge in [-0.05, 0) is 56.0 Å². The van der Waals surface area contributed by atoms with Crippen LogP contribution in [0.15, 0.2) is 42.5 Å². The van der Waals surface area contributed by atoms with E-state index in [9.17, 15) is 9.59 Å². The van der Waals surface area contributed by atoms with Gasteiger partial charge in [0.1, 0.15) is 6.04 Å². The minimum atomic E-state index is -0.616. The second kappa shape index (κ2) is 10.5. The Morgan fingerprint density at radius 1 is 1.13 bits per heavy atom. The molecule has 0 fully saturated rings. The summed E-state index contributed by atoms with van der Waals surface area (Å²) in [5.74, 6) is 1.13. The Hall–Kier alpha value is -2.73. The lowest BCUT2D eigenvalue weighted by molar-refractivity contribution is -0.140. The molecule has 2 amide bonds. The van der Waals surface area contributed by atoms with E-state index in [0.717, 1.165) is 17.5 Å². The molecule has 0 bridgehead atoms. The minimum Gasteiger partial charge on any atom is -0.454 e. The number of nitrogens with one attached hydrogen (secondary N) is 1. The Kier molecular flexibility index (Phi) is 7.80. The van der Waals surface area contributed by atoms with Crippen LogP contribution >= 0.6 is 11.6 Å². The van der Waals surface area contributed by atoms with Gasteiger partial charge < -0.3 is 19.7 Å². The van der Waals surface area contributed by atoms with Gasteiger partial charge in [0, 0.05) is 24.0 Å². The van der Waals surface area contributed by atoms with Crippen LogP contribution in [0.25, 0.3) is 0 Å². The van der Waals surface area contributed by atoms with Crippen molar-refractivity contribution < 1.29 is 19.1 Å². The van der Waals surface area contributed by atoms with Crippen molar-refractivity contribution in [1.29, 1.82) is 0 Å². The van der Waals surface area contributed by atoms with Crippen molar-refractivity contribution in [3.8, 4) is 11.5 Å². The number of hydrogen-bond acceptors (Lipinski definition) is 4. The predicted molar refractivity (Wildman–Crippen MR) is 120 cm³/mol. The van der Waals surface area contributed by atoms with Crippen molar-refractivity contribution >= 4 is 23.4 Å². The van der Waals surface area contributed by atoms with Gasteiger partial charge in [-0.25, -0.2) is 0 Å². The molecule has 0 unspecified atom stereocenters. The lowest BCUT2D eigenvalue weighted by Gasteiger charge is -2.30. The third-order valence-electron chi connectivity index (χ3n) is 5.53. The van der Waals surface area contributed by atoms with Crippen molar-refractivity contribution in [2.75, 3.05) is 6.79 Å². The third kappa shape index (κ3) is 5.91. The molecule has 0 spiro atoms. The predicted octanol–water partition coefficient (Wildman–Crippen LogP) is 4.33. The van der Waals surface area contributed by atoms with Crippen LogP contribution in [-0.2, 0) is 22.6 Å². The Labute approximate surface area is 188 Å². The number of halogens is 1. The Bertz CT molecular complexity index is 934. The summed E-state index contributed by atoms with van der Waals surface area (Å²) in [7, 11) is 0. The van der Waals surface area contributed by atoms with Gasteiger partial charge in [0.05, 0.1) is 0 Å². The second-order valence-corrected chi connectivity index (χ2v) is 8.20. The number of amides is 2. The van der Waals surface area contributed by atoms with Crippen molar-refractivity contribution in [3.63, 3.8) is 0 Å². The summed E-state index contributed by atoms with van der Waals surface area (Å²) in [4.78, 5) is 27.6. The first-order valence-corrected chi connectivity index (χ1v) is 11.0. The molecule has 6 nitrogen and oxygen atoms in total. The van der Waals surface area contributed by atoms with Gasteiger partial charge >= 0.3 is 0 Å². The lowest BCUT2D eigenvalue weighted by Crippen LogP contribution is -2.49. The fraction of sp³-hybridized carbons (Fsp3) is 0.417.